The Labute approximate surface area is 135 Å². The number of ether oxygens (including phenoxy) is 1. The van der Waals surface area contributed by atoms with Gasteiger partial charge < -0.3 is 9.64 Å². The Morgan fingerprint density at radius 1 is 1.30 bits per heavy atom. The Bertz CT molecular complexity index is 727. The maximum atomic E-state index is 13.1. The number of anilines is 1. The van der Waals surface area contributed by atoms with Gasteiger partial charge in [0.25, 0.3) is 5.91 Å². The Kier molecular flexibility index (Phi) is 4.36. The van der Waals surface area contributed by atoms with Gasteiger partial charge in [0, 0.05) is 19.0 Å². The zero-order valence-corrected chi connectivity index (χ0v) is 13.0. The van der Waals surface area contributed by atoms with E-state index in [1.54, 1.807) is 31.3 Å². The van der Waals surface area contributed by atoms with Gasteiger partial charge in [-0.05, 0) is 6.07 Å². The van der Waals surface area contributed by atoms with E-state index in [4.69, 9.17) is 4.74 Å². The van der Waals surface area contributed by atoms with E-state index in [1.807, 2.05) is 12.1 Å². The van der Waals surface area contributed by atoms with E-state index in [9.17, 15) is 15.3 Å². The van der Waals surface area contributed by atoms with Gasteiger partial charge in [0.05, 0.1) is 24.4 Å². The van der Waals surface area contributed by atoms with Crippen molar-refractivity contribution in [2.75, 3.05) is 18.6 Å². The third kappa shape index (κ3) is 2.06. The molecule has 5 heteroatoms. The summed E-state index contributed by atoms with van der Waals surface area (Å²) in [5.74, 6) is -0.439. The molecule has 0 N–H and O–H groups in total. The first-order chi connectivity index (χ1) is 11.0. The highest BCUT2D eigenvalue weighted by atomic mass is 16.5. The van der Waals surface area contributed by atoms with E-state index in [1.165, 1.54) is 17.1 Å². The molecule has 0 fully saturated rings. The van der Waals surface area contributed by atoms with Gasteiger partial charge in [0.15, 0.2) is 5.41 Å². The number of para-hydroxylation sites is 1. The maximum Gasteiger partial charge on any atom is 0.266 e. The van der Waals surface area contributed by atoms with Crippen LogP contribution < -0.4 is 4.90 Å². The average Bonchev–Trinajstić information content (AvgIpc) is 2.81. The quantitative estimate of drug-likeness (QED) is 0.757. The molecular formula is C18H17N3O2. The minimum Gasteiger partial charge on any atom is -0.354 e. The number of hydrogen-bond acceptors (Lipinski definition) is 4. The van der Waals surface area contributed by atoms with Crippen molar-refractivity contribution in [1.29, 1.82) is 10.5 Å². The normalized spacial score (nSPS) is 19.6. The molecule has 5 nitrogen and oxygen atoms in total. The number of allylic oxidation sites excluding steroid dienone is 1. The van der Waals surface area contributed by atoms with Crippen LogP contribution in [0.15, 0.2) is 49.6 Å². The lowest BCUT2D eigenvalue weighted by molar-refractivity contribution is -0.152. The number of hydrogen-bond donors (Lipinski definition) is 0. The zero-order valence-electron chi connectivity index (χ0n) is 13.0. The molecule has 1 heterocycles. The molecule has 2 rings (SSSR count). The molecule has 0 saturated heterocycles. The highest BCUT2D eigenvalue weighted by Crippen LogP contribution is 2.53. The average molecular weight is 307 g/mol. The van der Waals surface area contributed by atoms with E-state index in [0.29, 0.717) is 11.3 Å². The largest absolute Gasteiger partial charge is 0.354 e. The van der Waals surface area contributed by atoms with Crippen molar-refractivity contribution in [2.45, 2.75) is 12.0 Å². The maximum absolute atomic E-state index is 13.1. The van der Waals surface area contributed by atoms with Crippen molar-refractivity contribution < 1.29 is 9.53 Å². The van der Waals surface area contributed by atoms with E-state index >= 15 is 0 Å². The summed E-state index contributed by atoms with van der Waals surface area (Å²) in [7, 11) is 1.60. The second kappa shape index (κ2) is 6.08. The van der Waals surface area contributed by atoms with Crippen LogP contribution in [0.5, 0.6) is 0 Å². The fraction of sp³-hybridized carbons (Fsp3) is 0.278. The van der Waals surface area contributed by atoms with Gasteiger partial charge in [-0.1, -0.05) is 30.4 Å². The number of likely N-dealkylation sites (N-methyl/N-ethyl adjacent to an activating group) is 1. The summed E-state index contributed by atoms with van der Waals surface area (Å²) in [6, 6.07) is 11.0. The van der Waals surface area contributed by atoms with Crippen LogP contribution in [0.2, 0.25) is 0 Å². The molecule has 0 saturated carbocycles. The smallest absolute Gasteiger partial charge is 0.266 e. The van der Waals surface area contributed by atoms with Crippen LogP contribution in [0.4, 0.5) is 5.69 Å². The van der Waals surface area contributed by atoms with Crippen molar-refractivity contribution in [3.05, 3.63) is 55.1 Å². The third-order valence-corrected chi connectivity index (χ3v) is 4.10. The summed E-state index contributed by atoms with van der Waals surface area (Å²) in [6.07, 6.45) is 2.95. The Balaban J connectivity index is 2.83. The Morgan fingerprint density at radius 2 is 1.96 bits per heavy atom. The van der Waals surface area contributed by atoms with Gasteiger partial charge in [0.2, 0.25) is 5.60 Å². The standard InChI is InChI=1S/C18H17N3O2/c1-4-10-17(12-19,13-20)18(23-11-5-2)14-8-6-7-9-15(14)21(3)16(18)22/h4-9H,1-2,10-11H2,3H3. The molecule has 1 aliphatic heterocycles. The molecule has 23 heavy (non-hydrogen) atoms. The van der Waals surface area contributed by atoms with E-state index in [0.717, 1.165) is 0 Å². The summed E-state index contributed by atoms with van der Waals surface area (Å²) in [5.41, 5.74) is -2.28. The van der Waals surface area contributed by atoms with Crippen molar-refractivity contribution in [1.82, 2.24) is 0 Å². The number of fused-ring (bicyclic) bond motifs is 1. The lowest BCUT2D eigenvalue weighted by Crippen LogP contribution is -2.53. The molecule has 0 bridgehead atoms. The number of nitrogens with zero attached hydrogens (tertiary/aromatic N) is 3. The van der Waals surface area contributed by atoms with Crippen molar-refractivity contribution in [2.24, 2.45) is 5.41 Å². The molecule has 0 aromatic heterocycles. The minimum atomic E-state index is -1.71. The Morgan fingerprint density at radius 3 is 2.52 bits per heavy atom. The number of benzene rings is 1. The highest BCUT2D eigenvalue weighted by Gasteiger charge is 2.65. The molecular weight excluding hydrogens is 290 g/mol. The Hall–Kier alpha value is -2.89. The number of nitriles is 2. The fourth-order valence-electron chi connectivity index (χ4n) is 3.02. The van der Waals surface area contributed by atoms with Gasteiger partial charge in [0.1, 0.15) is 0 Å². The number of amides is 1. The molecule has 0 spiro atoms. The van der Waals surface area contributed by atoms with Crippen molar-refractivity contribution in [3.8, 4) is 12.1 Å². The molecule has 1 aromatic rings. The van der Waals surface area contributed by atoms with Crippen LogP contribution in [0, 0.1) is 28.1 Å². The zero-order chi connectivity index (χ0) is 17.1. The minimum absolute atomic E-state index is 0.00502. The van der Waals surface area contributed by atoms with Crippen molar-refractivity contribution >= 4 is 11.6 Å². The molecule has 0 radical (unpaired) electrons. The molecule has 1 aliphatic rings. The molecule has 1 atom stereocenters. The van der Waals surface area contributed by atoms with Gasteiger partial charge in [-0.15, -0.1) is 13.2 Å². The van der Waals surface area contributed by atoms with Gasteiger partial charge in [-0.2, -0.15) is 10.5 Å². The highest BCUT2D eigenvalue weighted by molar-refractivity contribution is 6.08. The molecule has 116 valence electrons. The number of carbonyl (C=O) groups is 1. The molecule has 1 amide bonds. The lowest BCUT2D eigenvalue weighted by atomic mass is 9.68. The van der Waals surface area contributed by atoms with Crippen LogP contribution in [-0.2, 0) is 15.1 Å². The molecule has 1 unspecified atom stereocenters. The fourth-order valence-corrected chi connectivity index (χ4v) is 3.02. The van der Waals surface area contributed by atoms with Crippen LogP contribution >= 0.6 is 0 Å². The molecule has 1 aromatic carbocycles. The van der Waals surface area contributed by atoms with Crippen molar-refractivity contribution in [3.63, 3.8) is 0 Å². The summed E-state index contributed by atoms with van der Waals surface area (Å²) in [6.45, 7) is 7.26. The lowest BCUT2D eigenvalue weighted by Gasteiger charge is -2.37. The van der Waals surface area contributed by atoms with Crippen LogP contribution in [0.25, 0.3) is 0 Å². The van der Waals surface area contributed by atoms with E-state index < -0.39 is 16.9 Å². The van der Waals surface area contributed by atoms with Crippen LogP contribution in [-0.4, -0.2) is 19.6 Å². The van der Waals surface area contributed by atoms with Crippen LogP contribution in [0.3, 0.4) is 0 Å². The second-order valence-electron chi connectivity index (χ2n) is 5.28. The first kappa shape index (κ1) is 16.5. The summed E-state index contributed by atoms with van der Waals surface area (Å²) in [5, 5.41) is 19.5. The van der Waals surface area contributed by atoms with E-state index in [2.05, 4.69) is 13.2 Å². The van der Waals surface area contributed by atoms with Crippen LogP contribution in [0.1, 0.15) is 12.0 Å². The van der Waals surface area contributed by atoms with Gasteiger partial charge in [-0.25, -0.2) is 0 Å². The van der Waals surface area contributed by atoms with Gasteiger partial charge >= 0.3 is 0 Å². The number of rotatable bonds is 6. The molecule has 0 aliphatic carbocycles. The second-order valence-corrected chi connectivity index (χ2v) is 5.28. The first-order valence-corrected chi connectivity index (χ1v) is 7.10. The number of carbonyl (C=O) groups excluding carboxylic acids is 1. The van der Waals surface area contributed by atoms with Gasteiger partial charge in [-0.3, -0.25) is 4.79 Å². The van der Waals surface area contributed by atoms with E-state index in [-0.39, 0.29) is 13.0 Å². The third-order valence-electron chi connectivity index (χ3n) is 4.10. The predicted octanol–water partition coefficient (Wildman–Crippen LogP) is 2.67. The SMILES string of the molecule is C=CCOC1(C(C#N)(C#N)CC=C)C(=O)N(C)c2ccccc21. The predicted molar refractivity (Wildman–Crippen MR) is 86.2 cm³/mol. The first-order valence-electron chi connectivity index (χ1n) is 7.10. The summed E-state index contributed by atoms with van der Waals surface area (Å²) < 4.78 is 5.85. The summed E-state index contributed by atoms with van der Waals surface area (Å²) in [4.78, 5) is 14.5. The summed E-state index contributed by atoms with van der Waals surface area (Å²) >= 11 is 0. The topological polar surface area (TPSA) is 77.1 Å². The monoisotopic (exact) mass is 307 g/mol.